The van der Waals surface area contributed by atoms with E-state index in [-0.39, 0.29) is 22.4 Å². The minimum absolute atomic E-state index is 0.109. The molecule has 0 saturated carbocycles. The monoisotopic (exact) mass is 431 g/mol. The number of amides is 1. The maximum Gasteiger partial charge on any atom is 0.337 e. The Morgan fingerprint density at radius 1 is 1.00 bits per heavy atom. The first-order valence-electron chi connectivity index (χ1n) is 9.67. The van der Waals surface area contributed by atoms with Crippen molar-refractivity contribution in [2.75, 3.05) is 12.4 Å². The third-order valence-corrected chi connectivity index (χ3v) is 4.97. The zero-order chi connectivity index (χ0) is 22.8. The average molecular weight is 431 g/mol. The number of nitrogens with one attached hydrogen (secondary N) is 1. The summed E-state index contributed by atoms with van der Waals surface area (Å²) in [6.07, 6.45) is 0. The lowest BCUT2D eigenvalue weighted by Crippen LogP contribution is -2.22. The second-order valence-corrected chi connectivity index (χ2v) is 7.00. The zero-order valence-corrected chi connectivity index (χ0v) is 17.3. The number of esters is 1. The molecule has 0 radical (unpaired) electrons. The lowest BCUT2D eigenvalue weighted by Gasteiger charge is -2.12. The fraction of sp³-hybridized carbons (Fsp3) is 0.0833. The molecular formula is C24H18FN3O4. The molecule has 4 rings (SSSR count). The fourth-order valence-electron chi connectivity index (χ4n) is 3.37. The van der Waals surface area contributed by atoms with Gasteiger partial charge in [0.1, 0.15) is 11.6 Å². The van der Waals surface area contributed by atoms with Gasteiger partial charge in [0.25, 0.3) is 11.5 Å². The number of aryl methyl sites for hydroxylation is 1. The number of rotatable bonds is 4. The molecule has 0 fully saturated rings. The lowest BCUT2D eigenvalue weighted by atomic mass is 10.1. The van der Waals surface area contributed by atoms with Gasteiger partial charge in [-0.25, -0.2) is 14.2 Å². The summed E-state index contributed by atoms with van der Waals surface area (Å²) in [7, 11) is 1.21. The number of nitrogens with zero attached hydrogens (tertiary/aromatic N) is 2. The third-order valence-electron chi connectivity index (χ3n) is 4.97. The van der Waals surface area contributed by atoms with Crippen molar-refractivity contribution in [2.24, 2.45) is 0 Å². The van der Waals surface area contributed by atoms with E-state index in [0.29, 0.717) is 22.4 Å². The van der Waals surface area contributed by atoms with Gasteiger partial charge in [-0.3, -0.25) is 14.2 Å². The molecule has 0 aliphatic carbocycles. The van der Waals surface area contributed by atoms with Gasteiger partial charge in [0.05, 0.1) is 35.0 Å². The number of para-hydroxylation sites is 1. The van der Waals surface area contributed by atoms with Gasteiger partial charge in [0, 0.05) is 5.56 Å². The van der Waals surface area contributed by atoms with Gasteiger partial charge >= 0.3 is 5.97 Å². The van der Waals surface area contributed by atoms with Crippen LogP contribution < -0.4 is 10.9 Å². The quantitative estimate of drug-likeness (QED) is 0.496. The summed E-state index contributed by atoms with van der Waals surface area (Å²) in [5.41, 5.74) is 1.15. The third kappa shape index (κ3) is 3.85. The van der Waals surface area contributed by atoms with Gasteiger partial charge in [-0.1, -0.05) is 12.1 Å². The van der Waals surface area contributed by atoms with E-state index < -0.39 is 17.7 Å². The summed E-state index contributed by atoms with van der Waals surface area (Å²) in [6, 6.07) is 16.9. The first kappa shape index (κ1) is 20.9. The van der Waals surface area contributed by atoms with Crippen LogP contribution in [0.2, 0.25) is 0 Å². The minimum Gasteiger partial charge on any atom is -0.465 e. The number of halogens is 1. The maximum atomic E-state index is 14.1. The Morgan fingerprint density at radius 3 is 2.41 bits per heavy atom. The molecule has 1 aromatic heterocycles. The molecule has 3 aromatic carbocycles. The van der Waals surface area contributed by atoms with Gasteiger partial charge in [-0.05, 0) is 61.5 Å². The molecule has 1 heterocycles. The van der Waals surface area contributed by atoms with E-state index in [0.717, 1.165) is 6.07 Å². The fourth-order valence-corrected chi connectivity index (χ4v) is 3.37. The summed E-state index contributed by atoms with van der Waals surface area (Å²) in [5, 5.41) is 2.94. The van der Waals surface area contributed by atoms with Crippen molar-refractivity contribution >= 4 is 28.5 Å². The van der Waals surface area contributed by atoms with Crippen molar-refractivity contribution in [2.45, 2.75) is 6.92 Å². The summed E-state index contributed by atoms with van der Waals surface area (Å²) in [5.74, 6) is -1.40. The van der Waals surface area contributed by atoms with Crippen molar-refractivity contribution in [3.63, 3.8) is 0 Å². The zero-order valence-electron chi connectivity index (χ0n) is 17.3. The molecule has 0 aliphatic heterocycles. The highest BCUT2D eigenvalue weighted by molar-refractivity contribution is 6.05. The second kappa shape index (κ2) is 8.43. The Labute approximate surface area is 182 Å². The summed E-state index contributed by atoms with van der Waals surface area (Å²) in [6.45, 7) is 1.73. The molecule has 32 heavy (non-hydrogen) atoms. The van der Waals surface area contributed by atoms with E-state index in [4.69, 9.17) is 0 Å². The lowest BCUT2D eigenvalue weighted by molar-refractivity contribution is 0.0600. The van der Waals surface area contributed by atoms with Gasteiger partial charge in [0.2, 0.25) is 0 Å². The van der Waals surface area contributed by atoms with E-state index in [1.807, 2.05) is 6.07 Å². The average Bonchev–Trinajstić information content (AvgIpc) is 2.80. The highest BCUT2D eigenvalue weighted by Gasteiger charge is 2.14. The number of aromatic nitrogens is 2. The van der Waals surface area contributed by atoms with Gasteiger partial charge < -0.3 is 10.1 Å². The van der Waals surface area contributed by atoms with E-state index >= 15 is 0 Å². The van der Waals surface area contributed by atoms with Crippen LogP contribution in [-0.4, -0.2) is 28.5 Å². The van der Waals surface area contributed by atoms with Gasteiger partial charge in [0.15, 0.2) is 0 Å². The van der Waals surface area contributed by atoms with Crippen LogP contribution in [0.15, 0.2) is 71.5 Å². The van der Waals surface area contributed by atoms with Crippen LogP contribution >= 0.6 is 0 Å². The van der Waals surface area contributed by atoms with Crippen molar-refractivity contribution in [3.05, 3.63) is 99.9 Å². The molecule has 1 amide bonds. The number of carbonyl (C=O) groups excluding carboxylic acids is 2. The number of hydrogen-bond donors (Lipinski definition) is 1. The van der Waals surface area contributed by atoms with E-state index in [9.17, 15) is 18.8 Å². The summed E-state index contributed by atoms with van der Waals surface area (Å²) < 4.78 is 20.2. The van der Waals surface area contributed by atoms with Crippen LogP contribution in [0, 0.1) is 12.7 Å². The minimum atomic E-state index is -0.688. The number of benzene rings is 3. The van der Waals surface area contributed by atoms with Crippen molar-refractivity contribution in [3.8, 4) is 5.69 Å². The van der Waals surface area contributed by atoms with Crippen molar-refractivity contribution < 1.29 is 18.7 Å². The summed E-state index contributed by atoms with van der Waals surface area (Å²) in [4.78, 5) is 41.6. The number of methoxy groups -OCH3 is 1. The first-order chi connectivity index (χ1) is 15.4. The van der Waals surface area contributed by atoms with Crippen LogP contribution in [0.4, 0.5) is 10.1 Å². The molecule has 1 N–H and O–H groups in total. The molecule has 0 saturated heterocycles. The molecule has 4 aromatic rings. The maximum absolute atomic E-state index is 14.1. The van der Waals surface area contributed by atoms with E-state index in [1.165, 1.54) is 35.9 Å². The molecule has 0 bridgehead atoms. The van der Waals surface area contributed by atoms with Gasteiger partial charge in [-0.2, -0.15) is 0 Å². The van der Waals surface area contributed by atoms with Crippen LogP contribution in [0.1, 0.15) is 26.5 Å². The SMILES string of the molecule is COC(=O)c1ccc(F)c(NC(=O)c2ccc(-n3c(C)nc4ccccc4c3=O)cc2)c1. The largest absolute Gasteiger partial charge is 0.465 e. The van der Waals surface area contributed by atoms with E-state index in [2.05, 4.69) is 15.0 Å². The van der Waals surface area contributed by atoms with Gasteiger partial charge in [-0.15, -0.1) is 0 Å². The van der Waals surface area contributed by atoms with E-state index in [1.54, 1.807) is 37.3 Å². The molecule has 0 aliphatic rings. The predicted octanol–water partition coefficient (Wildman–Crippen LogP) is 3.87. The molecule has 0 atom stereocenters. The highest BCUT2D eigenvalue weighted by Crippen LogP contribution is 2.19. The molecule has 0 spiro atoms. The normalized spacial score (nSPS) is 10.7. The second-order valence-electron chi connectivity index (χ2n) is 7.00. The Morgan fingerprint density at radius 2 is 1.69 bits per heavy atom. The number of carbonyl (C=O) groups is 2. The number of hydrogen-bond acceptors (Lipinski definition) is 5. The Hall–Kier alpha value is -4.33. The topological polar surface area (TPSA) is 90.3 Å². The van der Waals surface area contributed by atoms with Crippen molar-refractivity contribution in [1.29, 1.82) is 0 Å². The van der Waals surface area contributed by atoms with Crippen LogP contribution in [0.25, 0.3) is 16.6 Å². The Kier molecular flexibility index (Phi) is 5.51. The standard InChI is InChI=1S/C24H18FN3O4/c1-14-26-20-6-4-3-5-18(20)23(30)28(14)17-10-7-15(8-11-17)22(29)27-21-13-16(24(31)32-2)9-12-19(21)25/h3-13H,1-2H3,(H,27,29). The molecule has 7 nitrogen and oxygen atoms in total. The smallest absolute Gasteiger partial charge is 0.337 e. The first-order valence-corrected chi connectivity index (χ1v) is 9.67. The molecule has 0 unspecified atom stereocenters. The predicted molar refractivity (Wildman–Crippen MR) is 118 cm³/mol. The van der Waals surface area contributed by atoms with Crippen LogP contribution in [0.3, 0.4) is 0 Å². The number of fused-ring (bicyclic) bond motifs is 1. The number of ether oxygens (including phenoxy) is 1. The number of anilines is 1. The Bertz CT molecular complexity index is 1410. The molecule has 8 heteroatoms. The molecular weight excluding hydrogens is 413 g/mol. The Balaban J connectivity index is 1.63. The van der Waals surface area contributed by atoms with Crippen LogP contribution in [0.5, 0.6) is 0 Å². The summed E-state index contributed by atoms with van der Waals surface area (Å²) >= 11 is 0. The van der Waals surface area contributed by atoms with Crippen molar-refractivity contribution in [1.82, 2.24) is 9.55 Å². The van der Waals surface area contributed by atoms with Crippen LogP contribution in [-0.2, 0) is 4.74 Å². The highest BCUT2D eigenvalue weighted by atomic mass is 19.1. The molecule has 160 valence electrons.